The highest BCUT2D eigenvalue weighted by molar-refractivity contribution is 7.16. The first-order valence-corrected chi connectivity index (χ1v) is 8.51. The topological polar surface area (TPSA) is 52.3 Å². The summed E-state index contributed by atoms with van der Waals surface area (Å²) in [7, 11) is 0. The fraction of sp³-hybridized carbons (Fsp3) is 0.333. The smallest absolute Gasteiger partial charge is 0.236 e. The molecule has 3 rings (SSSR count). The monoisotopic (exact) mass is 329 g/mol. The first-order chi connectivity index (χ1) is 11.1. The van der Waals surface area contributed by atoms with Crippen LogP contribution in [-0.4, -0.2) is 5.16 Å². The van der Waals surface area contributed by atoms with Crippen LogP contribution in [0.3, 0.4) is 0 Å². The lowest BCUT2D eigenvalue weighted by molar-refractivity contribution is 0.249. The number of hydrogen-bond donors (Lipinski definition) is 0. The van der Waals surface area contributed by atoms with E-state index in [0.29, 0.717) is 12.4 Å². The number of rotatable bonds is 5. The van der Waals surface area contributed by atoms with Crippen LogP contribution in [0.15, 0.2) is 33.6 Å². The van der Waals surface area contributed by atoms with Gasteiger partial charge in [-0.05, 0) is 49.4 Å². The molecule has 0 unspecified atom stereocenters. The summed E-state index contributed by atoms with van der Waals surface area (Å²) in [5, 5.41) is 5.11. The molecule has 4 nitrogen and oxygen atoms in total. The van der Waals surface area contributed by atoms with Crippen LogP contribution in [0.4, 0.5) is 0 Å². The third kappa shape index (κ3) is 3.29. The van der Waals surface area contributed by atoms with E-state index in [-0.39, 0.29) is 4.74 Å². The molecule has 0 amide bonds. The van der Waals surface area contributed by atoms with Crippen LogP contribution >= 0.6 is 11.3 Å². The van der Waals surface area contributed by atoms with Crippen molar-refractivity contribution >= 4 is 21.4 Å². The Bertz CT molecular complexity index is 895. The van der Waals surface area contributed by atoms with Crippen molar-refractivity contribution in [1.29, 1.82) is 0 Å². The van der Waals surface area contributed by atoms with Crippen molar-refractivity contribution in [1.82, 2.24) is 5.16 Å². The standard InChI is InChI=1S/C18H19NO3S/c1-4-5-13-8-15(22-19-13)10-21-14-6-7-16-11(2)12(3)18(20)23-17(16)9-14/h6-9H,4-5,10H2,1-3H3. The van der Waals surface area contributed by atoms with Crippen LogP contribution in [0.1, 0.15) is 35.9 Å². The molecule has 0 aliphatic carbocycles. The summed E-state index contributed by atoms with van der Waals surface area (Å²) >= 11 is 1.26. The number of hydrogen-bond acceptors (Lipinski definition) is 5. The van der Waals surface area contributed by atoms with Crippen molar-refractivity contribution in [2.45, 2.75) is 40.2 Å². The fourth-order valence-electron chi connectivity index (χ4n) is 2.47. The van der Waals surface area contributed by atoms with E-state index in [1.807, 2.05) is 38.1 Å². The lowest BCUT2D eigenvalue weighted by Crippen LogP contribution is -2.02. The van der Waals surface area contributed by atoms with Gasteiger partial charge in [-0.1, -0.05) is 29.8 Å². The number of nitrogens with zero attached hydrogens (tertiary/aromatic N) is 1. The van der Waals surface area contributed by atoms with Crippen molar-refractivity contribution in [2.24, 2.45) is 0 Å². The summed E-state index contributed by atoms with van der Waals surface area (Å²) < 4.78 is 12.1. The molecule has 0 bridgehead atoms. The third-order valence-electron chi connectivity index (χ3n) is 3.92. The minimum Gasteiger partial charge on any atom is -0.485 e. The van der Waals surface area contributed by atoms with Gasteiger partial charge in [0, 0.05) is 16.3 Å². The van der Waals surface area contributed by atoms with Crippen LogP contribution < -0.4 is 9.48 Å². The van der Waals surface area contributed by atoms with Crippen molar-refractivity contribution in [3.63, 3.8) is 0 Å². The average molecular weight is 329 g/mol. The van der Waals surface area contributed by atoms with Gasteiger partial charge in [-0.2, -0.15) is 0 Å². The molecule has 0 aliphatic rings. The third-order valence-corrected chi connectivity index (χ3v) is 4.97. The van der Waals surface area contributed by atoms with Gasteiger partial charge in [0.1, 0.15) is 12.4 Å². The van der Waals surface area contributed by atoms with Gasteiger partial charge in [0.2, 0.25) is 4.74 Å². The zero-order valence-electron chi connectivity index (χ0n) is 13.5. The lowest BCUT2D eigenvalue weighted by atomic mass is 10.1. The molecule has 120 valence electrons. The van der Waals surface area contributed by atoms with Crippen LogP contribution in [0.2, 0.25) is 0 Å². The molecule has 0 saturated heterocycles. The summed E-state index contributed by atoms with van der Waals surface area (Å²) in [6.07, 6.45) is 1.95. The first kappa shape index (κ1) is 15.7. The van der Waals surface area contributed by atoms with E-state index in [0.717, 1.165) is 45.5 Å². The van der Waals surface area contributed by atoms with Gasteiger partial charge in [-0.15, -0.1) is 0 Å². The summed E-state index contributed by atoms with van der Waals surface area (Å²) in [5.41, 5.74) is 2.81. The average Bonchev–Trinajstić information content (AvgIpc) is 2.98. The van der Waals surface area contributed by atoms with Gasteiger partial charge in [0.05, 0.1) is 5.69 Å². The number of aromatic nitrogens is 1. The Morgan fingerprint density at radius 1 is 1.22 bits per heavy atom. The number of fused-ring (bicyclic) bond motifs is 1. The highest BCUT2D eigenvalue weighted by Crippen LogP contribution is 2.27. The van der Waals surface area contributed by atoms with Gasteiger partial charge < -0.3 is 9.26 Å². The molecule has 0 aliphatic heterocycles. The zero-order chi connectivity index (χ0) is 16.4. The number of ether oxygens (including phenoxy) is 1. The summed E-state index contributed by atoms with van der Waals surface area (Å²) in [5.74, 6) is 1.44. The van der Waals surface area contributed by atoms with Crippen molar-refractivity contribution in [3.8, 4) is 5.75 Å². The van der Waals surface area contributed by atoms with E-state index >= 15 is 0 Å². The van der Waals surface area contributed by atoms with E-state index < -0.39 is 0 Å². The quantitative estimate of drug-likeness (QED) is 0.696. The van der Waals surface area contributed by atoms with Gasteiger partial charge in [0.15, 0.2) is 5.76 Å². The van der Waals surface area contributed by atoms with Crippen LogP contribution in [0, 0.1) is 13.8 Å². The normalized spacial score (nSPS) is 11.1. The maximum Gasteiger partial charge on any atom is 0.236 e. The predicted molar refractivity (Wildman–Crippen MR) is 92.4 cm³/mol. The Morgan fingerprint density at radius 3 is 2.83 bits per heavy atom. The Kier molecular flexibility index (Phi) is 4.48. The summed E-state index contributed by atoms with van der Waals surface area (Å²) in [6, 6.07) is 7.77. The van der Waals surface area contributed by atoms with E-state index in [1.54, 1.807) is 0 Å². The van der Waals surface area contributed by atoms with Gasteiger partial charge in [-0.3, -0.25) is 4.79 Å². The van der Waals surface area contributed by atoms with E-state index in [4.69, 9.17) is 9.26 Å². The summed E-state index contributed by atoms with van der Waals surface area (Å²) in [4.78, 5) is 12.0. The molecular formula is C18H19NO3S. The molecule has 0 atom stereocenters. The Hall–Kier alpha value is -2.14. The second-order valence-electron chi connectivity index (χ2n) is 5.62. The molecule has 2 aromatic heterocycles. The number of aryl methyl sites for hydroxylation is 2. The van der Waals surface area contributed by atoms with E-state index in [9.17, 15) is 4.79 Å². The molecule has 2 heterocycles. The lowest BCUT2D eigenvalue weighted by Gasteiger charge is -2.07. The molecule has 23 heavy (non-hydrogen) atoms. The first-order valence-electron chi connectivity index (χ1n) is 7.70. The van der Waals surface area contributed by atoms with Gasteiger partial charge in [-0.25, -0.2) is 0 Å². The van der Waals surface area contributed by atoms with Crippen molar-refractivity contribution < 1.29 is 9.26 Å². The molecular weight excluding hydrogens is 310 g/mol. The van der Waals surface area contributed by atoms with Crippen LogP contribution in [0.5, 0.6) is 5.75 Å². The molecule has 0 fully saturated rings. The molecule has 0 saturated carbocycles. The Labute approximate surface area is 138 Å². The van der Waals surface area contributed by atoms with E-state index in [1.165, 1.54) is 11.3 Å². The van der Waals surface area contributed by atoms with Crippen molar-refractivity contribution in [2.75, 3.05) is 0 Å². The van der Waals surface area contributed by atoms with E-state index in [2.05, 4.69) is 12.1 Å². The second-order valence-corrected chi connectivity index (χ2v) is 6.64. The number of benzene rings is 1. The Balaban J connectivity index is 1.80. The molecule has 1 aromatic carbocycles. The predicted octanol–water partition coefficient (Wildman–Crippen LogP) is 4.40. The highest BCUT2D eigenvalue weighted by Gasteiger charge is 2.08. The maximum absolute atomic E-state index is 12.0. The van der Waals surface area contributed by atoms with Crippen LogP contribution in [0.25, 0.3) is 10.1 Å². The highest BCUT2D eigenvalue weighted by atomic mass is 32.1. The molecule has 0 radical (unpaired) electrons. The fourth-order valence-corrected chi connectivity index (χ4v) is 3.48. The molecule has 0 N–H and O–H groups in total. The minimum atomic E-state index is 0.103. The zero-order valence-corrected chi connectivity index (χ0v) is 14.3. The SMILES string of the molecule is CCCc1cc(COc2ccc3c(C)c(C)c(=O)sc3c2)on1. The van der Waals surface area contributed by atoms with Gasteiger partial charge in [0.25, 0.3) is 0 Å². The molecule has 0 spiro atoms. The minimum absolute atomic E-state index is 0.103. The van der Waals surface area contributed by atoms with Gasteiger partial charge >= 0.3 is 0 Å². The molecule has 5 heteroatoms. The maximum atomic E-state index is 12.0. The van der Waals surface area contributed by atoms with Crippen molar-refractivity contribution in [3.05, 3.63) is 56.4 Å². The Morgan fingerprint density at radius 2 is 2.04 bits per heavy atom. The second kappa shape index (κ2) is 6.54. The largest absolute Gasteiger partial charge is 0.485 e. The summed E-state index contributed by atoms with van der Waals surface area (Å²) in [6.45, 7) is 6.29. The molecule has 3 aromatic rings. The van der Waals surface area contributed by atoms with Crippen LogP contribution in [-0.2, 0) is 13.0 Å².